The fourth-order valence-corrected chi connectivity index (χ4v) is 3.92. The number of hydrogen-bond donors (Lipinski definition) is 2. The first-order chi connectivity index (χ1) is 14.3. The minimum absolute atomic E-state index is 0.0176. The van der Waals surface area contributed by atoms with Crippen LogP contribution in [0.25, 0.3) is 0 Å². The number of benzene rings is 1. The minimum Gasteiger partial charge on any atom is -0.480 e. The number of amidine groups is 1. The molecule has 2 aromatic rings. The molecule has 1 fully saturated rings. The van der Waals surface area contributed by atoms with E-state index < -0.39 is 22.9 Å². The lowest BCUT2D eigenvalue weighted by Crippen LogP contribution is -2.53. The average Bonchev–Trinajstić information content (AvgIpc) is 3.06. The van der Waals surface area contributed by atoms with Gasteiger partial charge in [0.25, 0.3) is 5.91 Å². The standard InChI is InChI=1S/C20H21F2N5O3/c1-11-6-19(22)9-30-10-20(19,27-17(11)23)13-5-12(3-4-14(13)21)26-18(28)15-7-25-16(29-2)8-24-15/h3-5,7-8,11H,6,9-10H2,1-2H3,(H2,23,27)(H,26,28)/t11-,19-,20+/m0/s1. The van der Waals surface area contributed by atoms with Gasteiger partial charge in [-0.15, -0.1) is 0 Å². The molecule has 0 unspecified atom stereocenters. The molecule has 8 nitrogen and oxygen atoms in total. The van der Waals surface area contributed by atoms with Crippen molar-refractivity contribution in [1.29, 1.82) is 0 Å². The van der Waals surface area contributed by atoms with Crippen LogP contribution in [0.15, 0.2) is 35.6 Å². The number of anilines is 1. The third-order valence-electron chi connectivity index (χ3n) is 5.58. The van der Waals surface area contributed by atoms with Gasteiger partial charge in [0, 0.05) is 17.2 Å². The molecule has 3 heterocycles. The third kappa shape index (κ3) is 3.17. The predicted molar refractivity (Wildman–Crippen MR) is 105 cm³/mol. The minimum atomic E-state index is -1.90. The first kappa shape index (κ1) is 20.1. The zero-order valence-electron chi connectivity index (χ0n) is 16.5. The van der Waals surface area contributed by atoms with Crippen LogP contribution in [-0.2, 0) is 10.3 Å². The number of amides is 1. The molecule has 1 amide bonds. The molecule has 2 aliphatic rings. The molecule has 1 aromatic carbocycles. The molecule has 3 atom stereocenters. The first-order valence-corrected chi connectivity index (χ1v) is 9.37. The Bertz CT molecular complexity index is 1020. The van der Waals surface area contributed by atoms with Crippen molar-refractivity contribution in [3.63, 3.8) is 0 Å². The smallest absolute Gasteiger partial charge is 0.275 e. The number of nitrogens with one attached hydrogen (secondary N) is 1. The van der Waals surface area contributed by atoms with Crippen LogP contribution in [-0.4, -0.2) is 47.7 Å². The SMILES string of the molecule is COc1cnc(C(=O)Nc2ccc(F)c([C@]34COC[C@@]3(F)C[C@H](C)C(N)=N4)c2)cn1. The Balaban J connectivity index is 1.69. The Morgan fingerprint density at radius 2 is 2.13 bits per heavy atom. The number of ether oxygens (including phenoxy) is 2. The van der Waals surface area contributed by atoms with Gasteiger partial charge in [-0.1, -0.05) is 6.92 Å². The number of hydrogen-bond acceptors (Lipinski definition) is 7. The molecule has 0 aliphatic carbocycles. The monoisotopic (exact) mass is 417 g/mol. The van der Waals surface area contributed by atoms with E-state index >= 15 is 4.39 Å². The van der Waals surface area contributed by atoms with E-state index in [2.05, 4.69) is 20.3 Å². The van der Waals surface area contributed by atoms with Gasteiger partial charge in [0.15, 0.2) is 5.67 Å². The maximum absolute atomic E-state index is 15.9. The van der Waals surface area contributed by atoms with Gasteiger partial charge < -0.3 is 20.5 Å². The molecule has 158 valence electrons. The molecule has 30 heavy (non-hydrogen) atoms. The van der Waals surface area contributed by atoms with Crippen molar-refractivity contribution in [3.8, 4) is 5.88 Å². The highest BCUT2D eigenvalue weighted by Gasteiger charge is 2.62. The number of nitrogens with zero attached hydrogens (tertiary/aromatic N) is 3. The lowest BCUT2D eigenvalue weighted by atomic mass is 9.71. The van der Waals surface area contributed by atoms with E-state index in [1.165, 1.54) is 31.6 Å². The van der Waals surface area contributed by atoms with Gasteiger partial charge >= 0.3 is 0 Å². The fourth-order valence-electron chi connectivity index (χ4n) is 3.92. The maximum Gasteiger partial charge on any atom is 0.275 e. The topological polar surface area (TPSA) is 112 Å². The van der Waals surface area contributed by atoms with E-state index in [1.54, 1.807) is 6.92 Å². The van der Waals surface area contributed by atoms with E-state index in [-0.39, 0.29) is 54.2 Å². The summed E-state index contributed by atoms with van der Waals surface area (Å²) >= 11 is 0. The molecular weight excluding hydrogens is 396 g/mol. The molecule has 1 saturated heterocycles. The predicted octanol–water partition coefficient (Wildman–Crippen LogP) is 2.21. The summed E-state index contributed by atoms with van der Waals surface area (Å²) in [5.74, 6) is -0.997. The molecular formula is C20H21F2N5O3. The van der Waals surface area contributed by atoms with Crippen LogP contribution in [0.1, 0.15) is 29.4 Å². The molecule has 0 radical (unpaired) electrons. The summed E-state index contributed by atoms with van der Waals surface area (Å²) in [7, 11) is 1.43. The number of methoxy groups -OCH3 is 1. The highest BCUT2D eigenvalue weighted by atomic mass is 19.1. The number of carbonyl (C=O) groups is 1. The summed E-state index contributed by atoms with van der Waals surface area (Å²) in [4.78, 5) is 24.7. The van der Waals surface area contributed by atoms with Crippen molar-refractivity contribution in [2.24, 2.45) is 16.6 Å². The number of aliphatic imine (C=N–C) groups is 1. The largest absolute Gasteiger partial charge is 0.480 e. The second-order valence-electron chi connectivity index (χ2n) is 7.55. The van der Waals surface area contributed by atoms with Gasteiger partial charge in [-0.3, -0.25) is 9.79 Å². The van der Waals surface area contributed by atoms with Crippen LogP contribution in [0.4, 0.5) is 14.5 Å². The van der Waals surface area contributed by atoms with Crippen molar-refractivity contribution in [2.75, 3.05) is 25.6 Å². The lowest BCUT2D eigenvalue weighted by molar-refractivity contribution is 0.0589. The van der Waals surface area contributed by atoms with Crippen molar-refractivity contribution in [2.45, 2.75) is 24.6 Å². The summed E-state index contributed by atoms with van der Waals surface area (Å²) in [5.41, 5.74) is 2.77. The van der Waals surface area contributed by atoms with Gasteiger partial charge in [0.1, 0.15) is 17.1 Å². The summed E-state index contributed by atoms with van der Waals surface area (Å²) in [5, 5.41) is 2.62. The summed E-state index contributed by atoms with van der Waals surface area (Å²) in [6.07, 6.45) is 2.62. The number of rotatable bonds is 4. The first-order valence-electron chi connectivity index (χ1n) is 9.37. The second-order valence-corrected chi connectivity index (χ2v) is 7.55. The number of alkyl halides is 1. The number of fused-ring (bicyclic) bond motifs is 1. The summed E-state index contributed by atoms with van der Waals surface area (Å²) in [6.45, 7) is 1.42. The van der Waals surface area contributed by atoms with E-state index in [1.807, 2.05) is 0 Å². The van der Waals surface area contributed by atoms with Gasteiger partial charge in [-0.05, 0) is 24.6 Å². The maximum atomic E-state index is 15.9. The number of halogens is 2. The van der Waals surface area contributed by atoms with Gasteiger partial charge in [-0.2, -0.15) is 0 Å². The van der Waals surface area contributed by atoms with Crippen molar-refractivity contribution >= 4 is 17.4 Å². The number of nitrogens with two attached hydrogens (primary N) is 1. The average molecular weight is 417 g/mol. The van der Waals surface area contributed by atoms with Crippen LogP contribution in [0.2, 0.25) is 0 Å². The lowest BCUT2D eigenvalue weighted by Gasteiger charge is -2.41. The van der Waals surface area contributed by atoms with E-state index in [0.717, 1.165) is 6.07 Å². The highest BCUT2D eigenvalue weighted by Crippen LogP contribution is 2.51. The number of aromatic nitrogens is 2. The zero-order valence-corrected chi connectivity index (χ0v) is 16.5. The highest BCUT2D eigenvalue weighted by molar-refractivity contribution is 6.02. The number of carbonyl (C=O) groups excluding carboxylic acids is 1. The Morgan fingerprint density at radius 1 is 1.33 bits per heavy atom. The Labute approximate surface area is 171 Å². The third-order valence-corrected chi connectivity index (χ3v) is 5.58. The zero-order chi connectivity index (χ0) is 21.5. The van der Waals surface area contributed by atoms with Crippen molar-refractivity contribution in [3.05, 3.63) is 47.7 Å². The molecule has 0 saturated carbocycles. The van der Waals surface area contributed by atoms with Gasteiger partial charge in [0.05, 0.1) is 38.6 Å². The molecule has 3 N–H and O–H groups in total. The van der Waals surface area contributed by atoms with Crippen molar-refractivity contribution < 1.29 is 23.0 Å². The Kier molecular flexibility index (Phi) is 4.89. The summed E-state index contributed by atoms with van der Waals surface area (Å²) in [6, 6.07) is 3.89. The van der Waals surface area contributed by atoms with E-state index in [0.29, 0.717) is 0 Å². The normalized spacial score (nSPS) is 27.9. The molecule has 10 heteroatoms. The van der Waals surface area contributed by atoms with Gasteiger partial charge in [-0.25, -0.2) is 18.7 Å². The molecule has 0 spiro atoms. The Morgan fingerprint density at radius 3 is 2.83 bits per heavy atom. The van der Waals surface area contributed by atoms with Crippen LogP contribution >= 0.6 is 0 Å². The van der Waals surface area contributed by atoms with Crippen LogP contribution < -0.4 is 15.8 Å². The van der Waals surface area contributed by atoms with Crippen LogP contribution in [0.5, 0.6) is 5.88 Å². The molecule has 1 aromatic heterocycles. The van der Waals surface area contributed by atoms with Crippen molar-refractivity contribution in [1.82, 2.24) is 9.97 Å². The van der Waals surface area contributed by atoms with Crippen LogP contribution in [0, 0.1) is 11.7 Å². The fraction of sp³-hybridized carbons (Fsp3) is 0.400. The molecule has 2 aliphatic heterocycles. The van der Waals surface area contributed by atoms with Gasteiger partial charge in [0.2, 0.25) is 5.88 Å². The molecule has 0 bridgehead atoms. The van der Waals surface area contributed by atoms with E-state index in [9.17, 15) is 9.18 Å². The summed E-state index contributed by atoms with van der Waals surface area (Å²) < 4.78 is 41.0. The van der Waals surface area contributed by atoms with E-state index in [4.69, 9.17) is 15.2 Å². The second kappa shape index (κ2) is 7.28. The van der Waals surface area contributed by atoms with Crippen LogP contribution in [0.3, 0.4) is 0 Å². The quantitative estimate of drug-likeness (QED) is 0.789. The molecule has 4 rings (SSSR count). The Hall–Kier alpha value is -3.14.